The zero-order valence-electron chi connectivity index (χ0n) is 14.0. The Balaban J connectivity index is 2.08. The van der Waals surface area contributed by atoms with E-state index in [1.807, 2.05) is 0 Å². The average Bonchev–Trinajstić information content (AvgIpc) is 3.00. The average molecular weight is 443 g/mol. The molecule has 1 amide bonds. The molecule has 0 unspecified atom stereocenters. The number of hydrazone groups is 1. The first kappa shape index (κ1) is 19.4. The summed E-state index contributed by atoms with van der Waals surface area (Å²) in [7, 11) is 1.42. The van der Waals surface area contributed by atoms with Crippen LogP contribution in [0.3, 0.4) is 0 Å². The van der Waals surface area contributed by atoms with Crippen LogP contribution in [0.15, 0.2) is 58.1 Å². The number of hydrogen-bond donors (Lipinski definition) is 1. The minimum absolute atomic E-state index is 0.0455. The molecule has 0 fully saturated rings. The van der Waals surface area contributed by atoms with Gasteiger partial charge in [0, 0.05) is 10.0 Å². The zero-order valence-corrected chi connectivity index (χ0v) is 15.6. The smallest absolute Gasteiger partial charge is 0.438 e. The van der Waals surface area contributed by atoms with Crippen molar-refractivity contribution in [3.05, 3.63) is 64.1 Å². The van der Waals surface area contributed by atoms with Crippen molar-refractivity contribution in [2.75, 3.05) is 7.11 Å². The largest absolute Gasteiger partial charge is 0.497 e. The van der Waals surface area contributed by atoms with Crippen molar-refractivity contribution in [1.29, 1.82) is 0 Å². The lowest BCUT2D eigenvalue weighted by molar-refractivity contribution is -0.297. The number of alkyl halides is 3. The SMILES string of the molecule is COc1cccc(C2=NN(C(=O)c3ccccc3Br)[C@](O)(C(F)(F)F)C2)c1. The van der Waals surface area contributed by atoms with Gasteiger partial charge in [-0.1, -0.05) is 24.3 Å². The standard InChI is InChI=1S/C18H14BrF3N2O3/c1-27-12-6-4-5-11(9-12)15-10-17(26,18(20,21)22)24(23-15)16(25)13-7-2-3-8-14(13)19/h2-9,26H,10H2,1H3/t17-/m1/s1. The Bertz CT molecular complexity index is 917. The number of halogens is 4. The first-order chi connectivity index (χ1) is 12.7. The third kappa shape index (κ3) is 3.44. The predicted octanol–water partition coefficient (Wildman–Crippen LogP) is 3.96. The van der Waals surface area contributed by atoms with Crippen LogP contribution in [0.1, 0.15) is 22.3 Å². The molecule has 3 rings (SSSR count). The van der Waals surface area contributed by atoms with E-state index in [4.69, 9.17) is 4.74 Å². The van der Waals surface area contributed by atoms with Gasteiger partial charge in [0.25, 0.3) is 11.6 Å². The van der Waals surface area contributed by atoms with E-state index < -0.39 is 24.2 Å². The summed E-state index contributed by atoms with van der Waals surface area (Å²) in [4.78, 5) is 12.7. The minimum Gasteiger partial charge on any atom is -0.497 e. The van der Waals surface area contributed by atoms with Crippen LogP contribution in [0.2, 0.25) is 0 Å². The second-order valence-electron chi connectivity index (χ2n) is 5.87. The maximum absolute atomic E-state index is 13.7. The number of rotatable bonds is 3. The maximum Gasteiger partial charge on any atom is 0.438 e. The molecule has 0 spiro atoms. The van der Waals surface area contributed by atoms with E-state index in [2.05, 4.69) is 21.0 Å². The summed E-state index contributed by atoms with van der Waals surface area (Å²) >= 11 is 3.14. The Hall–Kier alpha value is -2.39. The quantitative estimate of drug-likeness (QED) is 0.782. The van der Waals surface area contributed by atoms with Crippen LogP contribution in [0, 0.1) is 0 Å². The molecule has 2 aromatic carbocycles. The van der Waals surface area contributed by atoms with Gasteiger partial charge in [0.2, 0.25) is 0 Å². The third-order valence-corrected chi connectivity index (χ3v) is 4.83. The lowest BCUT2D eigenvalue weighted by Crippen LogP contribution is -2.56. The van der Waals surface area contributed by atoms with E-state index in [9.17, 15) is 23.1 Å². The molecule has 142 valence electrons. The predicted molar refractivity (Wildman–Crippen MR) is 95.5 cm³/mol. The van der Waals surface area contributed by atoms with Crippen molar-refractivity contribution >= 4 is 27.5 Å². The number of carbonyl (C=O) groups is 1. The highest BCUT2D eigenvalue weighted by Crippen LogP contribution is 2.42. The molecule has 1 heterocycles. The highest BCUT2D eigenvalue weighted by atomic mass is 79.9. The fourth-order valence-electron chi connectivity index (χ4n) is 2.69. The fourth-order valence-corrected chi connectivity index (χ4v) is 3.15. The van der Waals surface area contributed by atoms with Crippen LogP contribution in [0.5, 0.6) is 5.75 Å². The summed E-state index contributed by atoms with van der Waals surface area (Å²) in [6, 6.07) is 12.2. The van der Waals surface area contributed by atoms with E-state index in [1.165, 1.54) is 37.4 Å². The molecule has 0 radical (unpaired) electrons. The van der Waals surface area contributed by atoms with Gasteiger partial charge in [-0.15, -0.1) is 0 Å². The van der Waals surface area contributed by atoms with Crippen LogP contribution < -0.4 is 4.74 Å². The van der Waals surface area contributed by atoms with Gasteiger partial charge in [-0.2, -0.15) is 23.3 Å². The Labute approximate surface area is 161 Å². The summed E-state index contributed by atoms with van der Waals surface area (Å²) in [6.45, 7) is 0. The van der Waals surface area contributed by atoms with Gasteiger partial charge in [0.15, 0.2) is 0 Å². The number of aliphatic hydroxyl groups is 1. The van der Waals surface area contributed by atoms with Crippen molar-refractivity contribution in [3.63, 3.8) is 0 Å². The second kappa shape index (κ2) is 6.97. The lowest BCUT2D eigenvalue weighted by Gasteiger charge is -2.32. The number of benzene rings is 2. The van der Waals surface area contributed by atoms with Gasteiger partial charge in [0.1, 0.15) is 5.75 Å². The molecule has 27 heavy (non-hydrogen) atoms. The number of nitrogens with zero attached hydrogens (tertiary/aromatic N) is 2. The Kier molecular flexibility index (Phi) is 5.00. The van der Waals surface area contributed by atoms with E-state index in [0.29, 0.717) is 15.8 Å². The molecule has 1 aliphatic heterocycles. The number of methoxy groups -OCH3 is 1. The number of amides is 1. The fraction of sp³-hybridized carbons (Fsp3) is 0.222. The molecule has 1 atom stereocenters. The topological polar surface area (TPSA) is 62.1 Å². The van der Waals surface area contributed by atoms with Crippen molar-refractivity contribution in [2.45, 2.75) is 18.3 Å². The molecule has 0 saturated carbocycles. The van der Waals surface area contributed by atoms with Gasteiger partial charge in [0.05, 0.1) is 24.8 Å². The van der Waals surface area contributed by atoms with Crippen molar-refractivity contribution < 1.29 is 27.8 Å². The summed E-state index contributed by atoms with van der Waals surface area (Å²) in [5.41, 5.74) is -3.25. The molecular weight excluding hydrogens is 429 g/mol. The molecule has 1 aliphatic rings. The second-order valence-corrected chi connectivity index (χ2v) is 6.72. The van der Waals surface area contributed by atoms with Gasteiger partial charge < -0.3 is 9.84 Å². The Morgan fingerprint density at radius 3 is 2.59 bits per heavy atom. The molecular formula is C18H14BrF3N2O3. The van der Waals surface area contributed by atoms with Crippen molar-refractivity contribution in [3.8, 4) is 5.75 Å². The lowest BCUT2D eigenvalue weighted by atomic mass is 10.0. The molecule has 2 aromatic rings. The molecule has 0 aliphatic carbocycles. The monoisotopic (exact) mass is 442 g/mol. The number of carbonyl (C=O) groups excluding carboxylic acids is 1. The summed E-state index contributed by atoms with van der Waals surface area (Å²) in [6.07, 6.45) is -5.99. The molecule has 0 saturated heterocycles. The molecule has 9 heteroatoms. The molecule has 0 bridgehead atoms. The summed E-state index contributed by atoms with van der Waals surface area (Å²) in [5, 5.41) is 14.3. The summed E-state index contributed by atoms with van der Waals surface area (Å²) < 4.78 is 46.3. The van der Waals surface area contributed by atoms with Crippen LogP contribution in [-0.4, -0.2) is 40.7 Å². The molecule has 0 aromatic heterocycles. The normalized spacial score (nSPS) is 19.8. The van der Waals surface area contributed by atoms with E-state index in [0.717, 1.165) is 0 Å². The van der Waals surface area contributed by atoms with Gasteiger partial charge >= 0.3 is 6.18 Å². The van der Waals surface area contributed by atoms with E-state index >= 15 is 0 Å². The Morgan fingerprint density at radius 1 is 1.26 bits per heavy atom. The van der Waals surface area contributed by atoms with Crippen LogP contribution in [0.25, 0.3) is 0 Å². The molecule has 5 nitrogen and oxygen atoms in total. The van der Waals surface area contributed by atoms with Gasteiger partial charge in [-0.05, 0) is 40.2 Å². The Morgan fingerprint density at radius 2 is 1.96 bits per heavy atom. The first-order valence-corrected chi connectivity index (χ1v) is 8.57. The van der Waals surface area contributed by atoms with Crippen LogP contribution >= 0.6 is 15.9 Å². The van der Waals surface area contributed by atoms with Crippen LogP contribution in [0.4, 0.5) is 13.2 Å². The zero-order chi connectivity index (χ0) is 19.8. The maximum atomic E-state index is 13.7. The summed E-state index contributed by atoms with van der Waals surface area (Å²) in [5.74, 6) is -0.651. The van der Waals surface area contributed by atoms with Crippen molar-refractivity contribution in [2.24, 2.45) is 5.10 Å². The first-order valence-electron chi connectivity index (χ1n) is 7.77. The van der Waals surface area contributed by atoms with Gasteiger partial charge in [-0.3, -0.25) is 4.79 Å². The number of hydrogen-bond acceptors (Lipinski definition) is 4. The van der Waals surface area contributed by atoms with Crippen LogP contribution in [-0.2, 0) is 0 Å². The third-order valence-electron chi connectivity index (χ3n) is 4.14. The highest BCUT2D eigenvalue weighted by Gasteiger charge is 2.63. The minimum atomic E-state index is -5.10. The highest BCUT2D eigenvalue weighted by molar-refractivity contribution is 9.10. The van der Waals surface area contributed by atoms with E-state index in [-0.39, 0.29) is 16.3 Å². The molecule has 1 N–H and O–H groups in total. The van der Waals surface area contributed by atoms with E-state index in [1.54, 1.807) is 18.2 Å². The van der Waals surface area contributed by atoms with Gasteiger partial charge in [-0.25, -0.2) is 0 Å². The number of ether oxygens (including phenoxy) is 1. The van der Waals surface area contributed by atoms with Crippen molar-refractivity contribution in [1.82, 2.24) is 5.01 Å².